The summed E-state index contributed by atoms with van der Waals surface area (Å²) >= 11 is 0. The molecular formula is C19H26N4O3. The van der Waals surface area contributed by atoms with Gasteiger partial charge in [-0.2, -0.15) is 0 Å². The van der Waals surface area contributed by atoms with E-state index in [1.165, 1.54) is 0 Å². The Morgan fingerprint density at radius 3 is 2.58 bits per heavy atom. The normalized spacial score (nSPS) is 24.9. The van der Waals surface area contributed by atoms with Crippen LogP contribution in [0, 0.1) is 13.8 Å². The summed E-state index contributed by atoms with van der Waals surface area (Å²) in [5.74, 6) is -0.169. The van der Waals surface area contributed by atoms with Gasteiger partial charge in [0.1, 0.15) is 12.1 Å². The van der Waals surface area contributed by atoms with Crippen molar-refractivity contribution in [2.45, 2.75) is 58.2 Å². The first-order valence-electron chi connectivity index (χ1n) is 9.14. The van der Waals surface area contributed by atoms with Crippen molar-refractivity contribution in [3.63, 3.8) is 0 Å². The highest BCUT2D eigenvalue weighted by molar-refractivity contribution is 5.98. The molecule has 3 atom stereocenters. The van der Waals surface area contributed by atoms with Gasteiger partial charge in [0.25, 0.3) is 0 Å². The number of carbonyl (C=O) groups is 3. The second-order valence-electron chi connectivity index (χ2n) is 7.26. The van der Waals surface area contributed by atoms with E-state index in [1.807, 2.05) is 39.0 Å². The molecule has 1 aromatic rings. The zero-order valence-electron chi connectivity index (χ0n) is 15.5. The average Bonchev–Trinajstić information content (AvgIpc) is 2.96. The number of benzene rings is 1. The summed E-state index contributed by atoms with van der Waals surface area (Å²) in [4.78, 5) is 38.7. The van der Waals surface area contributed by atoms with Crippen LogP contribution < -0.4 is 16.0 Å². The van der Waals surface area contributed by atoms with Crippen LogP contribution in [0.4, 0.5) is 10.5 Å². The minimum Gasteiger partial charge on any atom is -0.343 e. The van der Waals surface area contributed by atoms with E-state index in [4.69, 9.17) is 0 Å². The number of piperazine rings is 1. The lowest BCUT2D eigenvalue weighted by molar-refractivity contribution is -0.147. The molecule has 4 amide bonds. The monoisotopic (exact) mass is 358 g/mol. The molecule has 2 saturated heterocycles. The zero-order valence-corrected chi connectivity index (χ0v) is 15.5. The van der Waals surface area contributed by atoms with Crippen LogP contribution in [0.5, 0.6) is 0 Å². The third kappa shape index (κ3) is 3.81. The fraction of sp³-hybridized carbons (Fsp3) is 0.526. The Morgan fingerprint density at radius 2 is 1.92 bits per heavy atom. The van der Waals surface area contributed by atoms with Gasteiger partial charge in [0.15, 0.2) is 0 Å². The van der Waals surface area contributed by atoms with E-state index in [0.29, 0.717) is 19.4 Å². The maximum absolute atomic E-state index is 12.5. The Bertz CT molecular complexity index is 713. The Hall–Kier alpha value is -2.57. The first-order chi connectivity index (χ1) is 12.4. The highest BCUT2D eigenvalue weighted by Gasteiger charge is 2.46. The van der Waals surface area contributed by atoms with E-state index in [1.54, 1.807) is 4.90 Å². The zero-order chi connectivity index (χ0) is 18.8. The van der Waals surface area contributed by atoms with E-state index < -0.39 is 12.1 Å². The van der Waals surface area contributed by atoms with Crippen molar-refractivity contribution < 1.29 is 14.4 Å². The van der Waals surface area contributed by atoms with Crippen LogP contribution in [-0.2, 0) is 9.59 Å². The number of urea groups is 1. The van der Waals surface area contributed by atoms with Gasteiger partial charge in [-0.3, -0.25) is 9.59 Å². The molecule has 7 heteroatoms. The van der Waals surface area contributed by atoms with Crippen molar-refractivity contribution in [1.82, 2.24) is 15.5 Å². The molecule has 3 rings (SSSR count). The van der Waals surface area contributed by atoms with E-state index in [0.717, 1.165) is 23.2 Å². The Balaban J connectivity index is 1.61. The molecule has 0 spiro atoms. The number of aryl methyl sites for hydroxylation is 2. The quantitative estimate of drug-likeness (QED) is 0.765. The second-order valence-corrected chi connectivity index (χ2v) is 7.26. The lowest BCUT2D eigenvalue weighted by Gasteiger charge is -2.34. The highest BCUT2D eigenvalue weighted by Crippen LogP contribution is 2.24. The van der Waals surface area contributed by atoms with Gasteiger partial charge in [-0.05, 0) is 49.9 Å². The number of amides is 4. The second kappa shape index (κ2) is 7.35. The van der Waals surface area contributed by atoms with Crippen LogP contribution in [-0.4, -0.2) is 47.4 Å². The van der Waals surface area contributed by atoms with Gasteiger partial charge in [-0.1, -0.05) is 19.4 Å². The number of rotatable bonds is 4. The summed E-state index contributed by atoms with van der Waals surface area (Å²) < 4.78 is 0. The van der Waals surface area contributed by atoms with Crippen LogP contribution in [0.2, 0.25) is 0 Å². The minimum absolute atomic E-state index is 0.0459. The standard InChI is InChI=1S/C19H26N4O3/c1-4-5-15-18(25)23-10-14(9-16(23)17(24)22-15)21-19(26)20-13-7-11(2)6-12(3)8-13/h6-8,14-16H,4-5,9-10H2,1-3H3,(H,22,24)(H2,20,21,26)/t14-,15-,16-/m0/s1. The molecule has 140 valence electrons. The Morgan fingerprint density at radius 1 is 1.23 bits per heavy atom. The van der Waals surface area contributed by atoms with Crippen LogP contribution in [0.25, 0.3) is 0 Å². The van der Waals surface area contributed by atoms with E-state index in [2.05, 4.69) is 16.0 Å². The van der Waals surface area contributed by atoms with Gasteiger partial charge in [-0.15, -0.1) is 0 Å². The van der Waals surface area contributed by atoms with Gasteiger partial charge in [0.2, 0.25) is 11.8 Å². The SMILES string of the molecule is CCC[C@@H]1NC(=O)[C@@H]2C[C@H](NC(=O)Nc3cc(C)cc(C)c3)CN2C1=O. The average molecular weight is 358 g/mol. The molecule has 0 unspecified atom stereocenters. The topological polar surface area (TPSA) is 90.5 Å². The van der Waals surface area contributed by atoms with Crippen molar-refractivity contribution in [2.75, 3.05) is 11.9 Å². The van der Waals surface area contributed by atoms with Crippen LogP contribution in [0.15, 0.2) is 18.2 Å². The molecule has 3 N–H and O–H groups in total. The maximum atomic E-state index is 12.5. The molecule has 2 heterocycles. The summed E-state index contributed by atoms with van der Waals surface area (Å²) in [6, 6.07) is 4.36. The van der Waals surface area contributed by atoms with Crippen molar-refractivity contribution in [3.05, 3.63) is 29.3 Å². The lowest BCUT2D eigenvalue weighted by atomic mass is 10.0. The number of hydrogen-bond donors (Lipinski definition) is 3. The third-order valence-electron chi connectivity index (χ3n) is 4.89. The number of nitrogens with one attached hydrogen (secondary N) is 3. The molecule has 0 aromatic heterocycles. The van der Waals surface area contributed by atoms with Crippen molar-refractivity contribution in [2.24, 2.45) is 0 Å². The van der Waals surface area contributed by atoms with Crippen LogP contribution in [0.3, 0.4) is 0 Å². The largest absolute Gasteiger partial charge is 0.343 e. The minimum atomic E-state index is -0.484. The summed E-state index contributed by atoms with van der Waals surface area (Å²) in [5.41, 5.74) is 2.87. The Labute approximate surface area is 153 Å². The van der Waals surface area contributed by atoms with E-state index in [9.17, 15) is 14.4 Å². The molecule has 0 radical (unpaired) electrons. The summed E-state index contributed by atoms with van der Waals surface area (Å²) in [7, 11) is 0. The molecule has 2 aliphatic heterocycles. The molecule has 0 bridgehead atoms. The molecule has 26 heavy (non-hydrogen) atoms. The van der Waals surface area contributed by atoms with Gasteiger partial charge in [0.05, 0.1) is 6.04 Å². The predicted octanol–water partition coefficient (Wildman–Crippen LogP) is 1.69. The number of anilines is 1. The Kier molecular flexibility index (Phi) is 5.15. The molecule has 0 aliphatic carbocycles. The molecule has 7 nitrogen and oxygen atoms in total. The van der Waals surface area contributed by atoms with Gasteiger partial charge in [-0.25, -0.2) is 4.79 Å². The fourth-order valence-electron chi connectivity index (χ4n) is 3.85. The first-order valence-corrected chi connectivity index (χ1v) is 9.14. The lowest BCUT2D eigenvalue weighted by Crippen LogP contribution is -2.61. The molecule has 1 aromatic carbocycles. The molecule has 2 aliphatic rings. The maximum Gasteiger partial charge on any atom is 0.319 e. The number of hydrogen-bond acceptors (Lipinski definition) is 3. The number of nitrogens with zero attached hydrogens (tertiary/aromatic N) is 1. The van der Waals surface area contributed by atoms with Crippen molar-refractivity contribution in [3.8, 4) is 0 Å². The number of carbonyl (C=O) groups excluding carboxylic acids is 3. The predicted molar refractivity (Wildman–Crippen MR) is 98.8 cm³/mol. The molecular weight excluding hydrogens is 332 g/mol. The smallest absolute Gasteiger partial charge is 0.319 e. The van der Waals surface area contributed by atoms with Crippen LogP contribution >= 0.6 is 0 Å². The molecule has 0 saturated carbocycles. The van der Waals surface area contributed by atoms with E-state index >= 15 is 0 Å². The fourth-order valence-corrected chi connectivity index (χ4v) is 3.85. The van der Waals surface area contributed by atoms with Gasteiger partial charge < -0.3 is 20.9 Å². The van der Waals surface area contributed by atoms with E-state index in [-0.39, 0.29) is 23.9 Å². The van der Waals surface area contributed by atoms with Crippen LogP contribution in [0.1, 0.15) is 37.3 Å². The third-order valence-corrected chi connectivity index (χ3v) is 4.89. The van der Waals surface area contributed by atoms with Crippen molar-refractivity contribution >= 4 is 23.5 Å². The first kappa shape index (κ1) is 18.2. The summed E-state index contributed by atoms with van der Waals surface area (Å²) in [6.07, 6.45) is 1.91. The highest BCUT2D eigenvalue weighted by atomic mass is 16.2. The summed E-state index contributed by atoms with van der Waals surface area (Å²) in [5, 5.41) is 8.52. The van der Waals surface area contributed by atoms with Crippen molar-refractivity contribution in [1.29, 1.82) is 0 Å². The number of fused-ring (bicyclic) bond motifs is 1. The molecule has 2 fully saturated rings. The van der Waals surface area contributed by atoms with Gasteiger partial charge in [0, 0.05) is 12.2 Å². The summed E-state index contributed by atoms with van der Waals surface area (Å²) in [6.45, 7) is 6.30. The van der Waals surface area contributed by atoms with Gasteiger partial charge >= 0.3 is 6.03 Å².